The number of rotatable bonds is 4. The van der Waals surface area contributed by atoms with E-state index >= 15 is 0 Å². The summed E-state index contributed by atoms with van der Waals surface area (Å²) in [5.41, 5.74) is 7.27. The lowest BCUT2D eigenvalue weighted by Crippen LogP contribution is -2.28. The normalized spacial score (nSPS) is 20.8. The fourth-order valence-electron chi connectivity index (χ4n) is 3.00. The summed E-state index contributed by atoms with van der Waals surface area (Å²) in [6, 6.07) is 3.90. The van der Waals surface area contributed by atoms with Gasteiger partial charge < -0.3 is 15.8 Å². The van der Waals surface area contributed by atoms with Crippen LogP contribution < -0.4 is 10.6 Å². The van der Waals surface area contributed by atoms with Crippen molar-refractivity contribution < 1.29 is 5.21 Å². The summed E-state index contributed by atoms with van der Waals surface area (Å²) in [7, 11) is 0. The van der Waals surface area contributed by atoms with Gasteiger partial charge in [-0.05, 0) is 37.3 Å². The fourth-order valence-corrected chi connectivity index (χ4v) is 3.00. The Balaban J connectivity index is 2.15. The van der Waals surface area contributed by atoms with Crippen LogP contribution >= 0.6 is 0 Å². The van der Waals surface area contributed by atoms with Gasteiger partial charge in [-0.25, -0.2) is 0 Å². The number of anilines is 1. The van der Waals surface area contributed by atoms with Crippen LogP contribution in [0.5, 0.6) is 0 Å². The van der Waals surface area contributed by atoms with Crippen molar-refractivity contribution in [3.8, 4) is 0 Å². The number of hydrogen-bond donors (Lipinski definition) is 2. The minimum Gasteiger partial charge on any atom is -0.409 e. The molecule has 0 radical (unpaired) electrons. The van der Waals surface area contributed by atoms with Gasteiger partial charge in [0.05, 0.1) is 5.69 Å². The highest BCUT2D eigenvalue weighted by atomic mass is 16.4. The molecule has 1 saturated heterocycles. The van der Waals surface area contributed by atoms with Gasteiger partial charge in [-0.3, -0.25) is 4.98 Å². The molecule has 110 valence electrons. The molecule has 2 heterocycles. The second-order valence-electron chi connectivity index (χ2n) is 5.43. The number of nitrogens with two attached hydrogens (primary N) is 1. The molecule has 1 aliphatic heterocycles. The van der Waals surface area contributed by atoms with Crippen LogP contribution in [0.25, 0.3) is 0 Å². The summed E-state index contributed by atoms with van der Waals surface area (Å²) in [4.78, 5) is 6.57. The number of oxime groups is 1. The molecule has 1 aromatic heterocycles. The van der Waals surface area contributed by atoms with E-state index in [0.717, 1.165) is 24.7 Å². The van der Waals surface area contributed by atoms with Gasteiger partial charge >= 0.3 is 0 Å². The van der Waals surface area contributed by atoms with E-state index in [1.54, 1.807) is 6.20 Å². The van der Waals surface area contributed by atoms with Crippen LogP contribution in [0.3, 0.4) is 0 Å². The summed E-state index contributed by atoms with van der Waals surface area (Å²) in [5, 5.41) is 12.0. The third kappa shape index (κ3) is 3.40. The summed E-state index contributed by atoms with van der Waals surface area (Å²) < 4.78 is 0. The van der Waals surface area contributed by atoms with E-state index < -0.39 is 0 Å². The molecule has 3 N–H and O–H groups in total. The van der Waals surface area contributed by atoms with E-state index in [2.05, 4.69) is 22.0 Å². The quantitative estimate of drug-likeness (QED) is 0.383. The van der Waals surface area contributed by atoms with Crippen molar-refractivity contribution in [3.05, 3.63) is 24.0 Å². The predicted molar refractivity (Wildman–Crippen MR) is 81.2 cm³/mol. The molecule has 0 aliphatic carbocycles. The summed E-state index contributed by atoms with van der Waals surface area (Å²) in [6.45, 7) is 4.28. The van der Waals surface area contributed by atoms with Gasteiger partial charge in [0, 0.05) is 19.3 Å². The summed E-state index contributed by atoms with van der Waals surface area (Å²) in [5.74, 6) is 0.906. The number of pyridine rings is 1. The molecule has 1 atom stereocenters. The number of hydrogen-bond acceptors (Lipinski definition) is 4. The van der Waals surface area contributed by atoms with E-state index in [4.69, 9.17) is 10.9 Å². The highest BCUT2D eigenvalue weighted by Gasteiger charge is 2.20. The van der Waals surface area contributed by atoms with Crippen molar-refractivity contribution in [2.45, 2.75) is 39.0 Å². The topological polar surface area (TPSA) is 74.7 Å². The van der Waals surface area contributed by atoms with Gasteiger partial charge in [-0.2, -0.15) is 0 Å². The molecule has 5 heteroatoms. The first-order valence-electron chi connectivity index (χ1n) is 7.44. The van der Waals surface area contributed by atoms with Gasteiger partial charge in [0.1, 0.15) is 5.69 Å². The average molecular weight is 276 g/mol. The molecule has 0 saturated carbocycles. The Kier molecular flexibility index (Phi) is 5.21. The maximum atomic E-state index is 8.88. The van der Waals surface area contributed by atoms with Crippen molar-refractivity contribution >= 4 is 11.5 Å². The average Bonchev–Trinajstić information content (AvgIpc) is 2.72. The number of nitrogens with zero attached hydrogens (tertiary/aromatic N) is 3. The number of amidine groups is 1. The first kappa shape index (κ1) is 14.6. The third-order valence-corrected chi connectivity index (χ3v) is 4.02. The maximum Gasteiger partial charge on any atom is 0.190 e. The molecule has 5 nitrogen and oxygen atoms in total. The molecular formula is C15H24N4O. The molecular weight excluding hydrogens is 252 g/mol. The molecule has 1 aliphatic rings. The molecule has 0 bridgehead atoms. The number of aromatic nitrogens is 1. The zero-order valence-corrected chi connectivity index (χ0v) is 12.1. The van der Waals surface area contributed by atoms with Crippen molar-refractivity contribution in [1.82, 2.24) is 4.98 Å². The molecule has 20 heavy (non-hydrogen) atoms. The summed E-state index contributed by atoms with van der Waals surface area (Å²) >= 11 is 0. The Morgan fingerprint density at radius 2 is 2.35 bits per heavy atom. The minimum absolute atomic E-state index is 0.0787. The lowest BCUT2D eigenvalue weighted by molar-refractivity contribution is 0.318. The lowest BCUT2D eigenvalue weighted by Gasteiger charge is -2.24. The second-order valence-corrected chi connectivity index (χ2v) is 5.43. The SMILES string of the molecule is CCCC1CCCN(c2cccnc2/C(N)=N/O)CC1. The molecule has 0 amide bonds. The van der Waals surface area contributed by atoms with Gasteiger partial charge in [-0.1, -0.05) is 24.9 Å². The zero-order chi connectivity index (χ0) is 14.4. The molecule has 1 fully saturated rings. The smallest absolute Gasteiger partial charge is 0.190 e. The second kappa shape index (κ2) is 7.12. The van der Waals surface area contributed by atoms with Crippen molar-refractivity contribution in [3.63, 3.8) is 0 Å². The molecule has 0 aromatic carbocycles. The van der Waals surface area contributed by atoms with E-state index in [1.165, 1.54) is 32.1 Å². The molecule has 2 rings (SSSR count). The Labute approximate surface area is 120 Å². The van der Waals surface area contributed by atoms with E-state index in [-0.39, 0.29) is 5.84 Å². The zero-order valence-electron chi connectivity index (χ0n) is 12.1. The fraction of sp³-hybridized carbons (Fsp3) is 0.600. The van der Waals surface area contributed by atoms with Gasteiger partial charge in [-0.15, -0.1) is 0 Å². The summed E-state index contributed by atoms with van der Waals surface area (Å²) in [6.07, 6.45) is 7.94. The Morgan fingerprint density at radius 3 is 3.10 bits per heavy atom. The third-order valence-electron chi connectivity index (χ3n) is 4.02. The first-order chi connectivity index (χ1) is 9.76. The van der Waals surface area contributed by atoms with Crippen molar-refractivity contribution in [2.75, 3.05) is 18.0 Å². The molecule has 1 aromatic rings. The Morgan fingerprint density at radius 1 is 1.50 bits per heavy atom. The predicted octanol–water partition coefficient (Wildman–Crippen LogP) is 2.58. The highest BCUT2D eigenvalue weighted by molar-refractivity contribution is 6.00. The van der Waals surface area contributed by atoms with E-state index in [9.17, 15) is 0 Å². The monoisotopic (exact) mass is 276 g/mol. The largest absolute Gasteiger partial charge is 0.409 e. The van der Waals surface area contributed by atoms with Crippen LogP contribution in [-0.2, 0) is 0 Å². The van der Waals surface area contributed by atoms with Crippen LogP contribution in [0.15, 0.2) is 23.5 Å². The van der Waals surface area contributed by atoms with Crippen LogP contribution in [0, 0.1) is 5.92 Å². The van der Waals surface area contributed by atoms with Gasteiger partial charge in [0.25, 0.3) is 0 Å². The van der Waals surface area contributed by atoms with Crippen LogP contribution in [0.1, 0.15) is 44.7 Å². The van der Waals surface area contributed by atoms with Gasteiger partial charge in [0.2, 0.25) is 0 Å². The van der Waals surface area contributed by atoms with E-state index in [1.807, 2.05) is 12.1 Å². The lowest BCUT2D eigenvalue weighted by atomic mass is 9.96. The van der Waals surface area contributed by atoms with E-state index in [0.29, 0.717) is 5.69 Å². The Hall–Kier alpha value is -1.78. The highest BCUT2D eigenvalue weighted by Crippen LogP contribution is 2.26. The Bertz CT molecular complexity index is 461. The molecule has 1 unspecified atom stereocenters. The van der Waals surface area contributed by atoms with Crippen LogP contribution in [-0.4, -0.2) is 29.1 Å². The standard InChI is InChI=1S/C15H24N4O/c1-2-5-12-6-4-10-19(11-8-12)13-7-3-9-17-14(13)15(16)18-20/h3,7,9,12,20H,2,4-6,8,10-11H2,1H3,(H2,16,18). The van der Waals surface area contributed by atoms with Gasteiger partial charge in [0.15, 0.2) is 5.84 Å². The van der Waals surface area contributed by atoms with Crippen LogP contribution in [0.2, 0.25) is 0 Å². The van der Waals surface area contributed by atoms with Crippen molar-refractivity contribution in [2.24, 2.45) is 16.8 Å². The molecule has 0 spiro atoms. The minimum atomic E-state index is 0.0787. The van der Waals surface area contributed by atoms with Crippen molar-refractivity contribution in [1.29, 1.82) is 0 Å². The first-order valence-corrected chi connectivity index (χ1v) is 7.44. The maximum absolute atomic E-state index is 8.88. The van der Waals surface area contributed by atoms with Crippen LogP contribution in [0.4, 0.5) is 5.69 Å².